The first kappa shape index (κ1) is 12.5. The Morgan fingerprint density at radius 3 is 2.42 bits per heavy atom. The zero-order valence-corrected chi connectivity index (χ0v) is 12.0. The van der Waals surface area contributed by atoms with E-state index in [2.05, 4.69) is 59.9 Å². The van der Waals surface area contributed by atoms with E-state index in [1.165, 1.54) is 49.1 Å². The van der Waals surface area contributed by atoms with Gasteiger partial charge in [-0.25, -0.2) is 0 Å². The quantitative estimate of drug-likeness (QED) is 0.726. The van der Waals surface area contributed by atoms with Gasteiger partial charge in [0, 0.05) is 17.5 Å². The second-order valence-corrected chi connectivity index (χ2v) is 5.70. The summed E-state index contributed by atoms with van der Waals surface area (Å²) in [5.41, 5.74) is 4.13. The van der Waals surface area contributed by atoms with Crippen molar-refractivity contribution in [2.45, 2.75) is 38.0 Å². The highest BCUT2D eigenvalue weighted by molar-refractivity contribution is 5.56. The van der Waals surface area contributed by atoms with E-state index >= 15 is 0 Å². The molecule has 1 saturated carbocycles. The largest absolute Gasteiger partial charge is 0.238 e. The van der Waals surface area contributed by atoms with Crippen molar-refractivity contribution in [3.63, 3.8) is 0 Å². The molecular formula is C17H23N2+. The molecule has 0 bridgehead atoms. The second-order valence-electron chi connectivity index (χ2n) is 5.70. The smallest absolute Gasteiger partial charge is 0.160 e. The molecule has 2 nitrogen and oxygen atoms in total. The van der Waals surface area contributed by atoms with Gasteiger partial charge >= 0.3 is 0 Å². The molecule has 0 aliphatic heterocycles. The van der Waals surface area contributed by atoms with Crippen LogP contribution in [-0.2, 0) is 14.1 Å². The third-order valence-electron chi connectivity index (χ3n) is 4.55. The standard InChI is InChI=1S/C17H23N2/c1-18-16(14-9-5-3-6-10-14)13-17(19(18)2)15-11-7-4-8-12-15/h3,5-6,9-10,13,15H,4,7-8,11-12H2,1-2H3/q+1. The molecule has 0 N–H and O–H groups in total. The first-order chi connectivity index (χ1) is 9.27. The average molecular weight is 255 g/mol. The Bertz CT molecular complexity index is 548. The van der Waals surface area contributed by atoms with E-state index in [9.17, 15) is 0 Å². The highest BCUT2D eigenvalue weighted by Crippen LogP contribution is 2.33. The van der Waals surface area contributed by atoms with E-state index in [1.54, 1.807) is 0 Å². The van der Waals surface area contributed by atoms with Crippen LogP contribution in [0.1, 0.15) is 43.7 Å². The molecule has 2 aromatic rings. The van der Waals surface area contributed by atoms with Crippen LogP contribution in [-0.4, -0.2) is 4.68 Å². The van der Waals surface area contributed by atoms with Gasteiger partial charge in [-0.3, -0.25) is 0 Å². The molecule has 1 aromatic heterocycles. The molecule has 1 aromatic carbocycles. The summed E-state index contributed by atoms with van der Waals surface area (Å²) in [6, 6.07) is 13.1. The molecule has 1 aliphatic rings. The number of nitrogens with zero attached hydrogens (tertiary/aromatic N) is 2. The lowest BCUT2D eigenvalue weighted by Gasteiger charge is -2.20. The molecule has 1 heterocycles. The number of hydrogen-bond donors (Lipinski definition) is 0. The van der Waals surface area contributed by atoms with Gasteiger partial charge in [0.25, 0.3) is 0 Å². The van der Waals surface area contributed by atoms with Crippen molar-refractivity contribution >= 4 is 0 Å². The summed E-state index contributed by atoms with van der Waals surface area (Å²) >= 11 is 0. The molecule has 0 unspecified atom stereocenters. The summed E-state index contributed by atoms with van der Waals surface area (Å²) in [5.74, 6) is 0.752. The molecular weight excluding hydrogens is 232 g/mol. The fourth-order valence-corrected chi connectivity index (χ4v) is 3.32. The van der Waals surface area contributed by atoms with Gasteiger partial charge in [-0.15, -0.1) is 4.68 Å². The highest BCUT2D eigenvalue weighted by Gasteiger charge is 2.25. The molecule has 0 amide bonds. The van der Waals surface area contributed by atoms with Crippen molar-refractivity contribution in [2.75, 3.05) is 0 Å². The number of aromatic nitrogens is 2. The van der Waals surface area contributed by atoms with Crippen molar-refractivity contribution in [1.82, 2.24) is 4.68 Å². The zero-order chi connectivity index (χ0) is 13.2. The number of hydrogen-bond acceptors (Lipinski definition) is 0. The molecule has 19 heavy (non-hydrogen) atoms. The average Bonchev–Trinajstić information content (AvgIpc) is 2.77. The third kappa shape index (κ3) is 2.32. The number of rotatable bonds is 2. The first-order valence-electron chi connectivity index (χ1n) is 7.38. The van der Waals surface area contributed by atoms with E-state index in [1.807, 2.05) is 0 Å². The molecule has 0 saturated heterocycles. The van der Waals surface area contributed by atoms with Crippen LogP contribution < -0.4 is 4.68 Å². The molecule has 100 valence electrons. The van der Waals surface area contributed by atoms with Crippen LogP contribution in [0.2, 0.25) is 0 Å². The minimum atomic E-state index is 0.752. The van der Waals surface area contributed by atoms with Crippen LogP contribution in [0.5, 0.6) is 0 Å². The minimum absolute atomic E-state index is 0.752. The fourth-order valence-electron chi connectivity index (χ4n) is 3.32. The van der Waals surface area contributed by atoms with Crippen molar-refractivity contribution in [2.24, 2.45) is 14.1 Å². The summed E-state index contributed by atoms with van der Waals surface area (Å²) < 4.78 is 4.61. The summed E-state index contributed by atoms with van der Waals surface area (Å²) in [7, 11) is 4.35. The molecule has 2 heteroatoms. The van der Waals surface area contributed by atoms with E-state index in [-0.39, 0.29) is 0 Å². The Balaban J connectivity index is 1.99. The maximum absolute atomic E-state index is 2.39. The van der Waals surface area contributed by atoms with Crippen LogP contribution in [0.4, 0.5) is 0 Å². The predicted octanol–water partition coefficient (Wildman–Crippen LogP) is 3.56. The van der Waals surface area contributed by atoms with Gasteiger partial charge in [-0.05, 0) is 25.0 Å². The van der Waals surface area contributed by atoms with E-state index in [0.717, 1.165) is 5.92 Å². The van der Waals surface area contributed by atoms with Crippen LogP contribution >= 0.6 is 0 Å². The van der Waals surface area contributed by atoms with Crippen molar-refractivity contribution in [3.8, 4) is 11.3 Å². The molecule has 1 aliphatic carbocycles. The van der Waals surface area contributed by atoms with Gasteiger partial charge in [0.2, 0.25) is 5.69 Å². The van der Waals surface area contributed by atoms with Crippen LogP contribution in [0.3, 0.4) is 0 Å². The predicted molar refractivity (Wildman–Crippen MR) is 77.9 cm³/mol. The normalized spacial score (nSPS) is 16.7. The summed E-state index contributed by atoms with van der Waals surface area (Å²) in [5, 5.41) is 0. The lowest BCUT2D eigenvalue weighted by Crippen LogP contribution is -2.40. The van der Waals surface area contributed by atoms with Gasteiger partial charge in [-0.2, -0.15) is 4.68 Å². The van der Waals surface area contributed by atoms with Gasteiger partial charge in [-0.1, -0.05) is 37.5 Å². The molecule has 1 fully saturated rings. The number of benzene rings is 1. The summed E-state index contributed by atoms with van der Waals surface area (Å²) in [4.78, 5) is 0. The minimum Gasteiger partial charge on any atom is -0.160 e. The lowest BCUT2D eigenvalue weighted by molar-refractivity contribution is -0.741. The Morgan fingerprint density at radius 1 is 1.05 bits per heavy atom. The van der Waals surface area contributed by atoms with Crippen molar-refractivity contribution in [3.05, 3.63) is 42.1 Å². The lowest BCUT2D eigenvalue weighted by atomic mass is 9.86. The first-order valence-corrected chi connectivity index (χ1v) is 7.38. The fraction of sp³-hybridized carbons (Fsp3) is 0.471. The van der Waals surface area contributed by atoms with Gasteiger partial charge in [0.1, 0.15) is 0 Å². The monoisotopic (exact) mass is 255 g/mol. The van der Waals surface area contributed by atoms with Crippen molar-refractivity contribution in [1.29, 1.82) is 0 Å². The molecule has 0 radical (unpaired) electrons. The third-order valence-corrected chi connectivity index (χ3v) is 4.55. The SMILES string of the molecule is Cn1c(C2CCCCC2)cc(-c2ccccc2)[n+]1C. The maximum atomic E-state index is 2.39. The zero-order valence-electron chi connectivity index (χ0n) is 12.0. The van der Waals surface area contributed by atoms with E-state index in [0.29, 0.717) is 0 Å². The Hall–Kier alpha value is -1.57. The van der Waals surface area contributed by atoms with E-state index < -0.39 is 0 Å². The van der Waals surface area contributed by atoms with Crippen LogP contribution in [0.25, 0.3) is 11.3 Å². The van der Waals surface area contributed by atoms with Gasteiger partial charge < -0.3 is 0 Å². The maximum Gasteiger partial charge on any atom is 0.238 e. The summed E-state index contributed by atoms with van der Waals surface area (Å²) in [6.07, 6.45) is 6.90. The molecule has 3 rings (SSSR count). The van der Waals surface area contributed by atoms with E-state index in [4.69, 9.17) is 0 Å². The van der Waals surface area contributed by atoms with Gasteiger partial charge in [0.05, 0.1) is 12.7 Å². The molecule has 0 atom stereocenters. The summed E-state index contributed by atoms with van der Waals surface area (Å²) in [6.45, 7) is 0. The molecule has 0 spiro atoms. The second kappa shape index (κ2) is 5.20. The van der Waals surface area contributed by atoms with Gasteiger partial charge in [0.15, 0.2) is 7.05 Å². The van der Waals surface area contributed by atoms with Crippen molar-refractivity contribution < 1.29 is 4.68 Å². The Kier molecular flexibility index (Phi) is 3.41. The highest BCUT2D eigenvalue weighted by atomic mass is 15.4. The Labute approximate surface area is 115 Å². The topological polar surface area (TPSA) is 8.81 Å². The Morgan fingerprint density at radius 2 is 1.74 bits per heavy atom. The van der Waals surface area contributed by atoms with Crippen LogP contribution in [0.15, 0.2) is 36.4 Å². The van der Waals surface area contributed by atoms with Crippen LogP contribution in [0, 0.1) is 0 Å².